The summed E-state index contributed by atoms with van der Waals surface area (Å²) in [7, 11) is 0. The standard InChI is InChI=1S/C20H30N4O2/c25-19-13-15-7-5-11-18(15)22-24(19)14-17-10-6-12-23(17)20(26)21-16-8-3-1-2-4-9-16/h13,16-17H,1-12,14H2,(H,21,26). The first kappa shape index (κ1) is 17.6. The van der Waals surface area contributed by atoms with Gasteiger partial charge in [0.1, 0.15) is 0 Å². The van der Waals surface area contributed by atoms with Crippen molar-refractivity contribution in [2.75, 3.05) is 6.54 Å². The highest BCUT2D eigenvalue weighted by atomic mass is 16.2. The highest BCUT2D eigenvalue weighted by Gasteiger charge is 2.31. The van der Waals surface area contributed by atoms with E-state index in [2.05, 4.69) is 10.4 Å². The zero-order chi connectivity index (χ0) is 17.9. The summed E-state index contributed by atoms with van der Waals surface area (Å²) in [6.45, 7) is 1.30. The summed E-state index contributed by atoms with van der Waals surface area (Å²) >= 11 is 0. The molecule has 142 valence electrons. The van der Waals surface area contributed by atoms with Crippen LogP contribution in [0.5, 0.6) is 0 Å². The van der Waals surface area contributed by atoms with Crippen LogP contribution in [0.3, 0.4) is 0 Å². The van der Waals surface area contributed by atoms with Gasteiger partial charge in [0.15, 0.2) is 0 Å². The molecule has 6 nitrogen and oxygen atoms in total. The summed E-state index contributed by atoms with van der Waals surface area (Å²) < 4.78 is 1.59. The van der Waals surface area contributed by atoms with Crippen LogP contribution in [0.15, 0.2) is 10.9 Å². The summed E-state index contributed by atoms with van der Waals surface area (Å²) in [4.78, 5) is 27.1. The van der Waals surface area contributed by atoms with E-state index >= 15 is 0 Å². The molecule has 2 amide bonds. The van der Waals surface area contributed by atoms with Crippen molar-refractivity contribution in [3.8, 4) is 0 Å². The van der Waals surface area contributed by atoms with Crippen molar-refractivity contribution < 1.29 is 4.79 Å². The van der Waals surface area contributed by atoms with E-state index in [1.54, 1.807) is 10.7 Å². The minimum atomic E-state index is -0.0262. The monoisotopic (exact) mass is 358 g/mol. The van der Waals surface area contributed by atoms with Crippen molar-refractivity contribution in [3.63, 3.8) is 0 Å². The summed E-state index contributed by atoms with van der Waals surface area (Å²) in [5.74, 6) is 0. The summed E-state index contributed by atoms with van der Waals surface area (Å²) in [5, 5.41) is 7.84. The zero-order valence-corrected chi connectivity index (χ0v) is 15.6. The molecule has 1 aromatic heterocycles. The number of carbonyl (C=O) groups is 1. The van der Waals surface area contributed by atoms with Gasteiger partial charge in [-0.25, -0.2) is 9.48 Å². The fourth-order valence-corrected chi connectivity index (χ4v) is 4.74. The van der Waals surface area contributed by atoms with Crippen LogP contribution in [0.25, 0.3) is 0 Å². The lowest BCUT2D eigenvalue weighted by Crippen LogP contribution is -2.48. The molecular weight excluding hydrogens is 328 g/mol. The number of fused-ring (bicyclic) bond motifs is 1. The second kappa shape index (κ2) is 7.80. The van der Waals surface area contributed by atoms with Gasteiger partial charge in [-0.3, -0.25) is 4.79 Å². The van der Waals surface area contributed by atoms with Crippen LogP contribution in [0.2, 0.25) is 0 Å². The molecule has 2 aliphatic carbocycles. The van der Waals surface area contributed by atoms with Gasteiger partial charge in [-0.15, -0.1) is 0 Å². The normalized spacial score (nSPS) is 23.7. The van der Waals surface area contributed by atoms with Crippen molar-refractivity contribution in [2.45, 2.75) is 89.3 Å². The van der Waals surface area contributed by atoms with Crippen molar-refractivity contribution in [1.29, 1.82) is 0 Å². The summed E-state index contributed by atoms with van der Waals surface area (Å²) in [5.41, 5.74) is 2.15. The molecule has 4 rings (SSSR count). The topological polar surface area (TPSA) is 67.2 Å². The Bertz CT molecular complexity index is 706. The maximum Gasteiger partial charge on any atom is 0.317 e. The number of nitrogens with one attached hydrogen (secondary N) is 1. The Hall–Kier alpha value is -1.85. The summed E-state index contributed by atoms with van der Waals surface area (Å²) in [6.07, 6.45) is 12.1. The van der Waals surface area contributed by atoms with Crippen LogP contribution in [-0.2, 0) is 19.4 Å². The van der Waals surface area contributed by atoms with Gasteiger partial charge in [0, 0.05) is 18.7 Å². The lowest BCUT2D eigenvalue weighted by Gasteiger charge is -2.27. The molecule has 2 heterocycles. The first-order valence-corrected chi connectivity index (χ1v) is 10.4. The Morgan fingerprint density at radius 1 is 1.08 bits per heavy atom. The molecule has 3 aliphatic rings. The Balaban J connectivity index is 1.42. The average molecular weight is 358 g/mol. The van der Waals surface area contributed by atoms with Gasteiger partial charge < -0.3 is 10.2 Å². The lowest BCUT2D eigenvalue weighted by molar-refractivity contribution is 0.180. The van der Waals surface area contributed by atoms with Crippen LogP contribution in [-0.4, -0.2) is 39.3 Å². The maximum absolute atomic E-state index is 12.8. The average Bonchev–Trinajstić information content (AvgIpc) is 3.19. The Morgan fingerprint density at radius 3 is 2.69 bits per heavy atom. The highest BCUT2D eigenvalue weighted by Crippen LogP contribution is 2.22. The van der Waals surface area contributed by atoms with E-state index in [4.69, 9.17) is 0 Å². The van der Waals surface area contributed by atoms with E-state index in [9.17, 15) is 9.59 Å². The van der Waals surface area contributed by atoms with Crippen molar-refractivity contribution >= 4 is 6.03 Å². The number of nitrogens with zero attached hydrogens (tertiary/aromatic N) is 3. The second-order valence-corrected chi connectivity index (χ2v) is 8.12. The molecular formula is C20H30N4O2. The van der Waals surface area contributed by atoms with Gasteiger partial charge >= 0.3 is 6.03 Å². The number of aryl methyl sites for hydroxylation is 2. The zero-order valence-electron chi connectivity index (χ0n) is 15.6. The van der Waals surface area contributed by atoms with Gasteiger partial charge in [0.05, 0.1) is 18.3 Å². The number of amides is 2. The van der Waals surface area contributed by atoms with Crippen molar-refractivity contribution in [1.82, 2.24) is 20.0 Å². The van der Waals surface area contributed by atoms with Gasteiger partial charge in [-0.1, -0.05) is 25.7 Å². The van der Waals surface area contributed by atoms with Crippen molar-refractivity contribution in [3.05, 3.63) is 27.7 Å². The first-order valence-electron chi connectivity index (χ1n) is 10.4. The second-order valence-electron chi connectivity index (χ2n) is 8.12. The quantitative estimate of drug-likeness (QED) is 0.845. The molecule has 26 heavy (non-hydrogen) atoms. The smallest absolute Gasteiger partial charge is 0.317 e. The number of hydrogen-bond acceptors (Lipinski definition) is 3. The molecule has 1 N–H and O–H groups in total. The van der Waals surface area contributed by atoms with Crippen LogP contribution in [0.4, 0.5) is 4.79 Å². The van der Waals surface area contributed by atoms with Crippen LogP contribution < -0.4 is 10.9 Å². The molecule has 1 atom stereocenters. The van der Waals surface area contributed by atoms with Gasteiger partial charge in [-0.2, -0.15) is 5.10 Å². The Morgan fingerprint density at radius 2 is 1.88 bits per heavy atom. The number of rotatable bonds is 3. The van der Waals surface area contributed by atoms with E-state index in [0.29, 0.717) is 12.6 Å². The number of hydrogen-bond donors (Lipinski definition) is 1. The number of carbonyl (C=O) groups excluding carboxylic acids is 1. The van der Waals surface area contributed by atoms with Crippen molar-refractivity contribution in [2.24, 2.45) is 0 Å². The third-order valence-corrected chi connectivity index (χ3v) is 6.23. The highest BCUT2D eigenvalue weighted by molar-refractivity contribution is 5.75. The van der Waals surface area contributed by atoms with E-state index < -0.39 is 0 Å². The van der Waals surface area contributed by atoms with E-state index in [0.717, 1.165) is 62.7 Å². The number of likely N-dealkylation sites (tertiary alicyclic amines) is 1. The molecule has 1 aromatic rings. The molecule has 1 unspecified atom stereocenters. The lowest BCUT2D eigenvalue weighted by atomic mass is 10.1. The molecule has 0 radical (unpaired) electrons. The Kier molecular flexibility index (Phi) is 5.27. The summed E-state index contributed by atoms with van der Waals surface area (Å²) in [6, 6.07) is 2.19. The van der Waals surface area contributed by atoms with Crippen LogP contribution >= 0.6 is 0 Å². The van der Waals surface area contributed by atoms with E-state index in [1.807, 2.05) is 4.90 Å². The number of aromatic nitrogens is 2. The molecule has 6 heteroatoms. The largest absolute Gasteiger partial charge is 0.335 e. The van der Waals surface area contributed by atoms with Gasteiger partial charge in [0.25, 0.3) is 5.56 Å². The predicted molar refractivity (Wildman–Crippen MR) is 100 cm³/mol. The van der Waals surface area contributed by atoms with E-state index in [1.165, 1.54) is 25.7 Å². The molecule has 0 bridgehead atoms. The third kappa shape index (κ3) is 3.79. The SMILES string of the molecule is O=C(NC1CCCCCC1)N1CCCC1Cn1nc2c(cc1=O)CCC2. The maximum atomic E-state index is 12.8. The molecule has 2 fully saturated rings. The molecule has 1 aliphatic heterocycles. The van der Waals surface area contributed by atoms with Crippen LogP contribution in [0.1, 0.15) is 69.0 Å². The Labute approximate surface area is 155 Å². The van der Waals surface area contributed by atoms with E-state index in [-0.39, 0.29) is 17.6 Å². The predicted octanol–water partition coefficient (Wildman–Crippen LogP) is 2.63. The minimum Gasteiger partial charge on any atom is -0.335 e. The fourth-order valence-electron chi connectivity index (χ4n) is 4.74. The third-order valence-electron chi connectivity index (χ3n) is 6.23. The fraction of sp³-hybridized carbons (Fsp3) is 0.750. The van der Waals surface area contributed by atoms with Gasteiger partial charge in [0.2, 0.25) is 0 Å². The molecule has 0 spiro atoms. The van der Waals surface area contributed by atoms with Crippen LogP contribution in [0, 0.1) is 0 Å². The molecule has 1 saturated heterocycles. The molecule has 0 aromatic carbocycles. The number of urea groups is 1. The molecule has 1 saturated carbocycles. The minimum absolute atomic E-state index is 0.0262. The first-order chi connectivity index (χ1) is 12.7. The van der Waals surface area contributed by atoms with Gasteiger partial charge in [-0.05, 0) is 50.5 Å².